The maximum atomic E-state index is 12.6. The Hall–Kier alpha value is -4.03. The number of aromatic nitrogens is 5. The van der Waals surface area contributed by atoms with Crippen molar-refractivity contribution in [1.29, 1.82) is 0 Å². The SMILES string of the molecule is CN1CCC(N2CCC(n3nc(-c4ccc(NC(=O)Nc5cc(C(C)(C)C)on5)cc4)c4c(N)ncnc43)CC2)CC1. The van der Waals surface area contributed by atoms with Crippen LogP contribution in [0, 0.1) is 0 Å². The molecule has 0 radical (unpaired) electrons. The third kappa shape index (κ3) is 5.82. The van der Waals surface area contributed by atoms with Gasteiger partial charge in [-0.1, -0.05) is 38.1 Å². The summed E-state index contributed by atoms with van der Waals surface area (Å²) >= 11 is 0. The molecule has 3 aromatic heterocycles. The summed E-state index contributed by atoms with van der Waals surface area (Å²) in [5.41, 5.74) is 9.18. The predicted octanol–water partition coefficient (Wildman–Crippen LogP) is 4.74. The second-order valence-electron chi connectivity index (χ2n) is 12.5. The van der Waals surface area contributed by atoms with E-state index in [-0.39, 0.29) is 11.5 Å². The van der Waals surface area contributed by atoms with Gasteiger partial charge in [0.1, 0.15) is 23.6 Å². The molecule has 0 spiro atoms. The molecule has 5 heterocycles. The summed E-state index contributed by atoms with van der Waals surface area (Å²) in [5, 5.41) is 15.3. The molecule has 222 valence electrons. The largest absolute Gasteiger partial charge is 0.383 e. The minimum Gasteiger partial charge on any atom is -0.383 e. The number of carbonyl (C=O) groups excluding carboxylic acids is 1. The molecule has 0 saturated carbocycles. The van der Waals surface area contributed by atoms with E-state index in [0.717, 1.165) is 48.2 Å². The highest BCUT2D eigenvalue weighted by atomic mass is 16.5. The maximum Gasteiger partial charge on any atom is 0.324 e. The lowest BCUT2D eigenvalue weighted by molar-refractivity contribution is 0.0859. The highest BCUT2D eigenvalue weighted by molar-refractivity contribution is 6.00. The number of nitrogens with two attached hydrogens (primary N) is 1. The van der Waals surface area contributed by atoms with Crippen LogP contribution in [0.4, 0.5) is 22.1 Å². The summed E-state index contributed by atoms with van der Waals surface area (Å²) in [6, 6.07) is 9.77. The van der Waals surface area contributed by atoms with E-state index in [1.807, 2.05) is 45.0 Å². The molecule has 1 aromatic carbocycles. The molecule has 0 bridgehead atoms. The molecule has 2 aliphatic heterocycles. The lowest BCUT2D eigenvalue weighted by Crippen LogP contribution is -2.47. The first-order chi connectivity index (χ1) is 20.2. The predicted molar refractivity (Wildman–Crippen MR) is 163 cm³/mol. The van der Waals surface area contributed by atoms with Crippen LogP contribution in [0.15, 0.2) is 41.2 Å². The molecule has 2 fully saturated rings. The number of hydrogen-bond donors (Lipinski definition) is 3. The third-order valence-corrected chi connectivity index (χ3v) is 8.47. The van der Waals surface area contributed by atoms with Crippen molar-refractivity contribution in [3.8, 4) is 11.3 Å². The van der Waals surface area contributed by atoms with E-state index in [1.165, 1.54) is 32.3 Å². The molecule has 12 nitrogen and oxygen atoms in total. The highest BCUT2D eigenvalue weighted by Gasteiger charge is 2.30. The molecule has 2 aliphatic rings. The van der Waals surface area contributed by atoms with E-state index in [1.54, 1.807) is 6.07 Å². The molecule has 4 aromatic rings. The van der Waals surface area contributed by atoms with Gasteiger partial charge < -0.3 is 25.4 Å². The normalized spacial score (nSPS) is 18.0. The van der Waals surface area contributed by atoms with Gasteiger partial charge in [-0.05, 0) is 58.0 Å². The Labute approximate surface area is 245 Å². The van der Waals surface area contributed by atoms with Gasteiger partial charge in [0.2, 0.25) is 0 Å². The van der Waals surface area contributed by atoms with Crippen LogP contribution in [0.2, 0.25) is 0 Å². The van der Waals surface area contributed by atoms with Crippen molar-refractivity contribution in [1.82, 2.24) is 34.7 Å². The molecular formula is C30H40N10O2. The lowest BCUT2D eigenvalue weighted by Gasteiger charge is -2.41. The van der Waals surface area contributed by atoms with Crippen molar-refractivity contribution >= 4 is 34.4 Å². The van der Waals surface area contributed by atoms with E-state index in [9.17, 15) is 4.79 Å². The van der Waals surface area contributed by atoms with Crippen LogP contribution < -0.4 is 16.4 Å². The highest BCUT2D eigenvalue weighted by Crippen LogP contribution is 2.35. The average molecular weight is 573 g/mol. The van der Waals surface area contributed by atoms with Crippen LogP contribution in [0.3, 0.4) is 0 Å². The zero-order valence-electron chi connectivity index (χ0n) is 24.8. The minimum absolute atomic E-state index is 0.200. The van der Waals surface area contributed by atoms with E-state index >= 15 is 0 Å². The smallest absolute Gasteiger partial charge is 0.324 e. The number of nitrogens with one attached hydrogen (secondary N) is 2. The van der Waals surface area contributed by atoms with Gasteiger partial charge in [0, 0.05) is 41.9 Å². The molecule has 0 unspecified atom stereocenters. The number of anilines is 3. The molecule has 2 amide bonds. The Morgan fingerprint density at radius 2 is 1.67 bits per heavy atom. The average Bonchev–Trinajstić information content (AvgIpc) is 3.60. The molecule has 0 atom stereocenters. The number of likely N-dealkylation sites (tertiary alicyclic amines) is 2. The second kappa shape index (κ2) is 11.3. The number of benzene rings is 1. The first-order valence-corrected chi connectivity index (χ1v) is 14.7. The van der Waals surface area contributed by atoms with E-state index in [0.29, 0.717) is 29.1 Å². The molecule has 42 heavy (non-hydrogen) atoms. The van der Waals surface area contributed by atoms with Gasteiger partial charge in [-0.3, -0.25) is 5.32 Å². The lowest BCUT2D eigenvalue weighted by atomic mass is 9.93. The van der Waals surface area contributed by atoms with Gasteiger partial charge in [0.25, 0.3) is 0 Å². The molecule has 4 N–H and O–H groups in total. The van der Waals surface area contributed by atoms with Crippen molar-refractivity contribution < 1.29 is 9.32 Å². The third-order valence-electron chi connectivity index (χ3n) is 8.47. The summed E-state index contributed by atoms with van der Waals surface area (Å²) in [7, 11) is 2.21. The van der Waals surface area contributed by atoms with Crippen LogP contribution in [0.25, 0.3) is 22.3 Å². The van der Waals surface area contributed by atoms with Crippen molar-refractivity contribution in [2.24, 2.45) is 0 Å². The zero-order valence-corrected chi connectivity index (χ0v) is 24.8. The minimum atomic E-state index is -0.407. The monoisotopic (exact) mass is 572 g/mol. The van der Waals surface area contributed by atoms with Gasteiger partial charge in [-0.2, -0.15) is 5.10 Å². The Kier molecular flexibility index (Phi) is 7.58. The van der Waals surface area contributed by atoms with E-state index in [2.05, 4.69) is 47.3 Å². The fourth-order valence-electron chi connectivity index (χ4n) is 5.99. The Bertz CT molecular complexity index is 1540. The fourth-order valence-corrected chi connectivity index (χ4v) is 5.99. The number of nitrogen functional groups attached to an aromatic ring is 1. The summed E-state index contributed by atoms with van der Waals surface area (Å²) in [6.45, 7) is 10.5. The maximum absolute atomic E-state index is 12.6. The summed E-state index contributed by atoms with van der Waals surface area (Å²) in [4.78, 5) is 26.5. The van der Waals surface area contributed by atoms with Gasteiger partial charge in [-0.25, -0.2) is 19.4 Å². The number of fused-ring (bicyclic) bond motifs is 1. The number of urea groups is 1. The molecule has 6 rings (SSSR count). The zero-order chi connectivity index (χ0) is 29.4. The molecule has 2 saturated heterocycles. The van der Waals surface area contributed by atoms with Crippen LogP contribution in [-0.4, -0.2) is 80.0 Å². The number of rotatable bonds is 5. The second-order valence-corrected chi connectivity index (χ2v) is 12.5. The molecule has 0 aliphatic carbocycles. The van der Waals surface area contributed by atoms with Gasteiger partial charge in [0.05, 0.1) is 11.4 Å². The first-order valence-electron chi connectivity index (χ1n) is 14.7. The topological polar surface area (TPSA) is 143 Å². The van der Waals surface area contributed by atoms with Crippen LogP contribution in [-0.2, 0) is 5.41 Å². The Balaban J connectivity index is 1.16. The number of hydrogen-bond acceptors (Lipinski definition) is 9. The first kappa shape index (κ1) is 28.1. The standard InChI is InChI=1S/C30H40N10O2/c1-30(2,3)23-17-24(37-42-23)35-29(41)34-20-7-5-19(6-8-20)26-25-27(31)32-18-33-28(25)40(36-26)22-11-15-39(16-12-22)21-9-13-38(4)14-10-21/h5-8,17-18,21-22H,9-16H2,1-4H3,(H2,31,32,33)(H2,34,35,37,41). The van der Waals surface area contributed by atoms with E-state index in [4.69, 9.17) is 15.4 Å². The Morgan fingerprint density at radius 1 is 0.976 bits per heavy atom. The summed E-state index contributed by atoms with van der Waals surface area (Å²) in [5.74, 6) is 1.47. The van der Waals surface area contributed by atoms with Gasteiger partial charge in [-0.15, -0.1) is 0 Å². The number of amides is 2. The van der Waals surface area contributed by atoms with Gasteiger partial charge in [0.15, 0.2) is 11.5 Å². The number of piperidine rings is 2. The fraction of sp³-hybridized carbons (Fsp3) is 0.500. The van der Waals surface area contributed by atoms with Crippen molar-refractivity contribution in [3.05, 3.63) is 42.4 Å². The molecular weight excluding hydrogens is 532 g/mol. The quantitative estimate of drug-likeness (QED) is 0.309. The Morgan fingerprint density at radius 3 is 2.33 bits per heavy atom. The van der Waals surface area contributed by atoms with E-state index < -0.39 is 6.03 Å². The molecule has 12 heteroatoms. The van der Waals surface area contributed by atoms with Crippen LogP contribution in [0.1, 0.15) is 58.3 Å². The van der Waals surface area contributed by atoms with Crippen LogP contribution in [0.5, 0.6) is 0 Å². The summed E-state index contributed by atoms with van der Waals surface area (Å²) in [6.07, 6.45) is 6.04. The van der Waals surface area contributed by atoms with Crippen molar-refractivity contribution in [2.75, 3.05) is 49.6 Å². The van der Waals surface area contributed by atoms with Crippen molar-refractivity contribution in [2.45, 2.75) is 64.0 Å². The number of carbonyl (C=O) groups is 1. The number of nitrogens with zero attached hydrogens (tertiary/aromatic N) is 7. The van der Waals surface area contributed by atoms with Crippen molar-refractivity contribution in [3.63, 3.8) is 0 Å². The van der Waals surface area contributed by atoms with Gasteiger partial charge >= 0.3 is 6.03 Å². The summed E-state index contributed by atoms with van der Waals surface area (Å²) < 4.78 is 7.40. The van der Waals surface area contributed by atoms with Crippen LogP contribution >= 0.6 is 0 Å².